The zero-order valence-corrected chi connectivity index (χ0v) is 17.7. The molecular formula is C21H20F5N5O2. The lowest BCUT2D eigenvalue weighted by Gasteiger charge is -2.15. The fourth-order valence-corrected chi connectivity index (χ4v) is 3.58. The van der Waals surface area contributed by atoms with Gasteiger partial charge in [-0.1, -0.05) is 6.07 Å². The minimum Gasteiger partial charge on any atom is -0.345 e. The van der Waals surface area contributed by atoms with Crippen molar-refractivity contribution in [1.29, 1.82) is 0 Å². The number of hydrogen-bond acceptors (Lipinski definition) is 4. The first kappa shape index (κ1) is 22.9. The third-order valence-electron chi connectivity index (χ3n) is 5.26. The number of hydrogen-bond donors (Lipinski definition) is 1. The SMILES string of the molecule is Cc1ccc2nc(Cn3nc(C(F)(F)F)cc3C3CC3)cc(=O)n2c1C(=O)NCC(C)(F)F. The summed E-state index contributed by atoms with van der Waals surface area (Å²) in [7, 11) is 0. The number of nitrogens with one attached hydrogen (secondary N) is 1. The number of carbonyl (C=O) groups is 1. The molecule has 1 amide bonds. The molecule has 4 rings (SSSR count). The number of alkyl halides is 5. The molecule has 0 spiro atoms. The summed E-state index contributed by atoms with van der Waals surface area (Å²) in [5, 5.41) is 5.76. The van der Waals surface area contributed by atoms with Crippen molar-refractivity contribution in [3.8, 4) is 0 Å². The molecule has 0 atom stereocenters. The third kappa shape index (κ3) is 4.88. The highest BCUT2D eigenvalue weighted by molar-refractivity contribution is 5.94. The second-order valence-corrected chi connectivity index (χ2v) is 8.28. The summed E-state index contributed by atoms with van der Waals surface area (Å²) >= 11 is 0. The Balaban J connectivity index is 1.71. The lowest BCUT2D eigenvalue weighted by Crippen LogP contribution is -2.37. The van der Waals surface area contributed by atoms with Crippen LogP contribution in [0.4, 0.5) is 22.0 Å². The number of pyridine rings is 1. The van der Waals surface area contributed by atoms with E-state index in [4.69, 9.17) is 0 Å². The molecule has 0 saturated heterocycles. The lowest BCUT2D eigenvalue weighted by atomic mass is 10.2. The Kier molecular flexibility index (Phi) is 5.49. The molecule has 3 aromatic rings. The van der Waals surface area contributed by atoms with Gasteiger partial charge in [-0.05, 0) is 37.5 Å². The van der Waals surface area contributed by atoms with Gasteiger partial charge < -0.3 is 5.32 Å². The van der Waals surface area contributed by atoms with Gasteiger partial charge in [0.15, 0.2) is 5.69 Å². The van der Waals surface area contributed by atoms with E-state index in [1.807, 2.05) is 0 Å². The summed E-state index contributed by atoms with van der Waals surface area (Å²) < 4.78 is 67.9. The number of nitrogens with zero attached hydrogens (tertiary/aromatic N) is 4. The number of aryl methyl sites for hydroxylation is 1. The first-order valence-corrected chi connectivity index (χ1v) is 10.2. The van der Waals surface area contributed by atoms with Crippen molar-refractivity contribution in [3.05, 3.63) is 63.0 Å². The van der Waals surface area contributed by atoms with E-state index in [2.05, 4.69) is 15.4 Å². The average molecular weight is 469 g/mol. The Morgan fingerprint density at radius 2 is 1.88 bits per heavy atom. The molecule has 0 unspecified atom stereocenters. The van der Waals surface area contributed by atoms with Crippen LogP contribution in [-0.4, -0.2) is 37.5 Å². The lowest BCUT2D eigenvalue weighted by molar-refractivity contribution is -0.141. The summed E-state index contributed by atoms with van der Waals surface area (Å²) in [4.78, 5) is 29.7. The van der Waals surface area contributed by atoms with Gasteiger partial charge in [-0.3, -0.25) is 18.7 Å². The van der Waals surface area contributed by atoms with Gasteiger partial charge in [-0.2, -0.15) is 18.3 Å². The smallest absolute Gasteiger partial charge is 0.345 e. The number of carbonyl (C=O) groups excluding carboxylic acids is 1. The molecule has 0 bridgehead atoms. The second-order valence-electron chi connectivity index (χ2n) is 8.28. The van der Waals surface area contributed by atoms with Crippen LogP contribution in [0.15, 0.2) is 29.1 Å². The maximum atomic E-state index is 13.1. The normalized spacial score (nSPS) is 14.6. The quantitative estimate of drug-likeness (QED) is 0.560. The van der Waals surface area contributed by atoms with Crippen LogP contribution in [0.3, 0.4) is 0 Å². The van der Waals surface area contributed by atoms with E-state index in [1.165, 1.54) is 16.8 Å². The molecule has 1 N–H and O–H groups in total. The molecule has 3 heterocycles. The van der Waals surface area contributed by atoms with Crippen LogP contribution in [0.5, 0.6) is 0 Å². The molecule has 1 saturated carbocycles. The molecule has 33 heavy (non-hydrogen) atoms. The largest absolute Gasteiger partial charge is 0.435 e. The van der Waals surface area contributed by atoms with Crippen molar-refractivity contribution in [2.24, 2.45) is 0 Å². The Morgan fingerprint density at radius 1 is 1.18 bits per heavy atom. The Hall–Kier alpha value is -3.31. The Labute approximate surface area is 184 Å². The van der Waals surface area contributed by atoms with E-state index in [-0.39, 0.29) is 29.5 Å². The van der Waals surface area contributed by atoms with Crippen LogP contribution in [0.1, 0.15) is 58.8 Å². The molecular weight excluding hydrogens is 449 g/mol. The topological polar surface area (TPSA) is 81.3 Å². The van der Waals surface area contributed by atoms with Gasteiger partial charge in [-0.25, -0.2) is 13.8 Å². The summed E-state index contributed by atoms with van der Waals surface area (Å²) in [5.74, 6) is -4.03. The number of aromatic nitrogens is 4. The van der Waals surface area contributed by atoms with E-state index >= 15 is 0 Å². The van der Waals surface area contributed by atoms with Crippen molar-refractivity contribution >= 4 is 11.6 Å². The third-order valence-corrected chi connectivity index (χ3v) is 5.26. The molecule has 0 radical (unpaired) electrons. The molecule has 0 aliphatic heterocycles. The standard InChI is InChI=1S/C21H20F5N5O2/c1-11-3-6-16-28-13(7-17(32)31(16)18(11)19(33)27-10-20(2,22)23)9-30-14(12-4-5-12)8-15(29-30)21(24,25)26/h3,6-8,12H,4-5,9-10H2,1-2H3,(H,27,33). The number of fused-ring (bicyclic) bond motifs is 1. The highest BCUT2D eigenvalue weighted by Crippen LogP contribution is 2.42. The highest BCUT2D eigenvalue weighted by atomic mass is 19.4. The van der Waals surface area contributed by atoms with Crippen LogP contribution < -0.4 is 10.9 Å². The number of amides is 1. The van der Waals surface area contributed by atoms with Crippen LogP contribution in [0.2, 0.25) is 0 Å². The fraction of sp³-hybridized carbons (Fsp3) is 0.429. The summed E-state index contributed by atoms with van der Waals surface area (Å²) in [5.41, 5.74) is -0.796. The van der Waals surface area contributed by atoms with E-state index in [9.17, 15) is 31.5 Å². The minimum atomic E-state index is -4.60. The van der Waals surface area contributed by atoms with Crippen molar-refractivity contribution < 1.29 is 26.7 Å². The number of halogens is 5. The molecule has 12 heteroatoms. The zero-order valence-electron chi connectivity index (χ0n) is 17.7. The van der Waals surface area contributed by atoms with Gasteiger partial charge in [0.2, 0.25) is 0 Å². The monoisotopic (exact) mass is 469 g/mol. The van der Waals surface area contributed by atoms with Crippen molar-refractivity contribution in [1.82, 2.24) is 24.5 Å². The van der Waals surface area contributed by atoms with E-state index in [1.54, 1.807) is 6.92 Å². The summed E-state index contributed by atoms with van der Waals surface area (Å²) in [6, 6.07) is 5.09. The van der Waals surface area contributed by atoms with Crippen LogP contribution in [0.25, 0.3) is 5.65 Å². The molecule has 1 fully saturated rings. The molecule has 1 aliphatic carbocycles. The predicted octanol–water partition coefficient (Wildman–Crippen LogP) is 3.53. The van der Waals surface area contributed by atoms with Gasteiger partial charge in [0.05, 0.1) is 18.8 Å². The van der Waals surface area contributed by atoms with Gasteiger partial charge in [-0.15, -0.1) is 0 Å². The first-order chi connectivity index (χ1) is 15.3. The van der Waals surface area contributed by atoms with E-state index in [0.29, 0.717) is 18.2 Å². The predicted molar refractivity (Wildman–Crippen MR) is 107 cm³/mol. The van der Waals surface area contributed by atoms with Crippen molar-refractivity contribution in [3.63, 3.8) is 0 Å². The van der Waals surface area contributed by atoms with Crippen LogP contribution in [-0.2, 0) is 12.7 Å². The molecule has 1 aliphatic rings. The second kappa shape index (κ2) is 7.92. The van der Waals surface area contributed by atoms with E-state index < -0.39 is 35.8 Å². The summed E-state index contributed by atoms with van der Waals surface area (Å²) in [6.45, 7) is 1.12. The van der Waals surface area contributed by atoms with Gasteiger partial charge in [0.1, 0.15) is 11.3 Å². The zero-order chi connectivity index (χ0) is 24.1. The molecule has 0 aromatic carbocycles. The van der Waals surface area contributed by atoms with Gasteiger partial charge >= 0.3 is 6.18 Å². The Morgan fingerprint density at radius 3 is 2.48 bits per heavy atom. The van der Waals surface area contributed by atoms with Crippen molar-refractivity contribution in [2.75, 3.05) is 6.54 Å². The first-order valence-electron chi connectivity index (χ1n) is 10.2. The van der Waals surface area contributed by atoms with E-state index in [0.717, 1.165) is 29.4 Å². The number of rotatable bonds is 6. The van der Waals surface area contributed by atoms with Crippen molar-refractivity contribution in [2.45, 2.75) is 51.3 Å². The van der Waals surface area contributed by atoms with Crippen LogP contribution >= 0.6 is 0 Å². The maximum absolute atomic E-state index is 13.1. The average Bonchev–Trinajstić information content (AvgIpc) is 3.45. The molecule has 176 valence electrons. The molecule has 3 aromatic heterocycles. The minimum absolute atomic E-state index is 0.0233. The molecule has 7 nitrogen and oxygen atoms in total. The van der Waals surface area contributed by atoms with Crippen LogP contribution in [0, 0.1) is 6.92 Å². The maximum Gasteiger partial charge on any atom is 0.435 e. The highest BCUT2D eigenvalue weighted by Gasteiger charge is 2.38. The Bertz CT molecular complexity index is 1290. The fourth-order valence-electron chi connectivity index (χ4n) is 3.58. The van der Waals surface area contributed by atoms with Gasteiger partial charge in [0, 0.05) is 24.6 Å². The summed E-state index contributed by atoms with van der Waals surface area (Å²) in [6.07, 6.45) is -3.09. The van der Waals surface area contributed by atoms with Gasteiger partial charge in [0.25, 0.3) is 17.4 Å².